The lowest BCUT2D eigenvalue weighted by Gasteiger charge is -2.40. The van der Waals surface area contributed by atoms with Crippen molar-refractivity contribution in [3.05, 3.63) is 53.9 Å². The fourth-order valence-corrected chi connectivity index (χ4v) is 4.31. The van der Waals surface area contributed by atoms with Crippen LogP contribution in [0.5, 0.6) is 0 Å². The summed E-state index contributed by atoms with van der Waals surface area (Å²) in [5.41, 5.74) is 2.18. The number of hydrogen-bond acceptors (Lipinski definition) is 4. The Hall–Kier alpha value is -2.18. The minimum atomic E-state index is -0.274. The van der Waals surface area contributed by atoms with Gasteiger partial charge < -0.3 is 14.5 Å². The quantitative estimate of drug-likeness (QED) is 0.796. The van der Waals surface area contributed by atoms with Crippen molar-refractivity contribution in [2.45, 2.75) is 37.8 Å². The topological polar surface area (TPSA) is 50.6 Å². The molecule has 0 unspecified atom stereocenters. The molecule has 2 aliphatic rings. The first kappa shape index (κ1) is 19.2. The van der Waals surface area contributed by atoms with Crippen LogP contribution in [-0.2, 0) is 29.5 Å². The second kappa shape index (κ2) is 8.45. The number of carbonyl (C=O) groups excluding carboxylic acids is 1. The maximum Gasteiger partial charge on any atom is 0.225 e. The van der Waals surface area contributed by atoms with E-state index in [1.54, 1.807) is 4.68 Å². The van der Waals surface area contributed by atoms with Crippen molar-refractivity contribution in [2.75, 3.05) is 32.8 Å². The molecule has 2 aromatic rings. The Bertz CT molecular complexity index is 781. The van der Waals surface area contributed by atoms with Gasteiger partial charge in [0.15, 0.2) is 0 Å². The average Bonchev–Trinajstić information content (AvgIpc) is 3.05. The number of likely N-dealkylation sites (tertiary alicyclic amines) is 1. The molecule has 3 heterocycles. The third-order valence-electron chi connectivity index (χ3n) is 6.05. The number of hydrogen-bond donors (Lipinski definition) is 0. The molecule has 2 fully saturated rings. The van der Waals surface area contributed by atoms with Gasteiger partial charge in [0.25, 0.3) is 0 Å². The van der Waals surface area contributed by atoms with Crippen molar-refractivity contribution in [1.82, 2.24) is 19.6 Å². The molecule has 0 aliphatic carbocycles. The first-order valence-electron chi connectivity index (χ1n) is 10.3. The van der Waals surface area contributed by atoms with Crippen LogP contribution in [-0.4, -0.2) is 63.9 Å². The predicted molar refractivity (Wildman–Crippen MR) is 108 cm³/mol. The number of piperidine rings is 1. The molecule has 1 aromatic heterocycles. The number of amides is 1. The monoisotopic (exact) mass is 382 g/mol. The van der Waals surface area contributed by atoms with Crippen LogP contribution < -0.4 is 0 Å². The highest BCUT2D eigenvalue weighted by atomic mass is 16.5. The Morgan fingerprint density at radius 3 is 2.61 bits per heavy atom. The van der Waals surface area contributed by atoms with Crippen LogP contribution in [0.3, 0.4) is 0 Å². The van der Waals surface area contributed by atoms with Gasteiger partial charge in [0.2, 0.25) is 5.91 Å². The van der Waals surface area contributed by atoms with Crippen LogP contribution in [0.2, 0.25) is 0 Å². The Balaban J connectivity index is 1.29. The number of aryl methyl sites for hydroxylation is 1. The van der Waals surface area contributed by atoms with Crippen LogP contribution in [0.25, 0.3) is 0 Å². The second-order valence-corrected chi connectivity index (χ2v) is 8.12. The van der Waals surface area contributed by atoms with Gasteiger partial charge in [-0.25, -0.2) is 0 Å². The van der Waals surface area contributed by atoms with Crippen LogP contribution in [0, 0.1) is 0 Å². The number of rotatable bonds is 5. The van der Waals surface area contributed by atoms with Gasteiger partial charge in [-0.3, -0.25) is 9.48 Å². The smallest absolute Gasteiger partial charge is 0.225 e. The summed E-state index contributed by atoms with van der Waals surface area (Å²) in [5.74, 6) is 0.207. The minimum absolute atomic E-state index is 0.207. The predicted octanol–water partition coefficient (Wildman–Crippen LogP) is 2.25. The molecular weight excluding hydrogens is 352 g/mol. The van der Waals surface area contributed by atoms with Crippen molar-refractivity contribution in [3.8, 4) is 0 Å². The standard InChI is InChI=1S/C22H30N4O2/c1-24-17-20(16-23-24)18-26-13-14-28-22(15-21(26)27)8-11-25(12-9-22)10-7-19-5-3-2-4-6-19/h2-6,16-17H,7-15,18H2,1H3. The van der Waals surface area contributed by atoms with Gasteiger partial charge in [0.05, 0.1) is 24.8 Å². The fraction of sp³-hybridized carbons (Fsp3) is 0.545. The third kappa shape index (κ3) is 4.62. The zero-order valence-corrected chi connectivity index (χ0v) is 16.7. The normalized spacial score (nSPS) is 20.5. The fourth-order valence-electron chi connectivity index (χ4n) is 4.31. The molecule has 0 bridgehead atoms. The van der Waals surface area contributed by atoms with Gasteiger partial charge in [-0.1, -0.05) is 30.3 Å². The van der Waals surface area contributed by atoms with Crippen LogP contribution in [0.4, 0.5) is 0 Å². The summed E-state index contributed by atoms with van der Waals surface area (Å²) >= 11 is 0. The summed E-state index contributed by atoms with van der Waals surface area (Å²) in [7, 11) is 1.90. The molecule has 28 heavy (non-hydrogen) atoms. The van der Waals surface area contributed by atoms with Gasteiger partial charge in [0, 0.05) is 51.5 Å². The summed E-state index contributed by atoms with van der Waals surface area (Å²) in [5, 5.41) is 4.20. The van der Waals surface area contributed by atoms with E-state index in [2.05, 4.69) is 40.3 Å². The molecule has 0 atom stereocenters. The SMILES string of the molecule is Cn1cc(CN2CCOC3(CCN(CCc4ccccc4)CC3)CC2=O)cn1. The van der Waals surface area contributed by atoms with E-state index in [9.17, 15) is 4.79 Å². The van der Waals surface area contributed by atoms with E-state index in [1.165, 1.54) is 5.56 Å². The van der Waals surface area contributed by atoms with Gasteiger partial charge in [-0.05, 0) is 24.8 Å². The Kier molecular flexibility index (Phi) is 5.78. The number of aromatic nitrogens is 2. The van der Waals surface area contributed by atoms with Gasteiger partial charge >= 0.3 is 0 Å². The molecule has 0 N–H and O–H groups in total. The van der Waals surface area contributed by atoms with Crippen LogP contribution in [0.1, 0.15) is 30.4 Å². The van der Waals surface area contributed by atoms with Crippen LogP contribution >= 0.6 is 0 Å². The minimum Gasteiger partial charge on any atom is -0.373 e. The number of nitrogens with zero attached hydrogens (tertiary/aromatic N) is 4. The molecule has 150 valence electrons. The number of carbonyl (C=O) groups is 1. The Labute approximate surface area is 167 Å². The summed E-state index contributed by atoms with van der Waals surface area (Å²) in [6.45, 7) is 4.98. The first-order valence-corrected chi connectivity index (χ1v) is 10.3. The molecule has 2 saturated heterocycles. The van der Waals surface area contributed by atoms with Crippen molar-refractivity contribution < 1.29 is 9.53 Å². The molecular formula is C22H30N4O2. The highest BCUT2D eigenvalue weighted by molar-refractivity contribution is 5.77. The Morgan fingerprint density at radius 2 is 1.89 bits per heavy atom. The highest BCUT2D eigenvalue weighted by Crippen LogP contribution is 2.32. The van der Waals surface area contributed by atoms with E-state index in [4.69, 9.17) is 4.74 Å². The lowest BCUT2D eigenvalue weighted by Crippen LogP contribution is -2.47. The van der Waals surface area contributed by atoms with Gasteiger partial charge in [-0.15, -0.1) is 0 Å². The van der Waals surface area contributed by atoms with E-state index in [0.717, 1.165) is 44.5 Å². The van der Waals surface area contributed by atoms with Crippen molar-refractivity contribution in [1.29, 1.82) is 0 Å². The van der Waals surface area contributed by atoms with Crippen molar-refractivity contribution >= 4 is 5.91 Å². The molecule has 1 amide bonds. The van der Waals surface area contributed by atoms with E-state index in [0.29, 0.717) is 26.1 Å². The maximum atomic E-state index is 12.9. The summed E-state index contributed by atoms with van der Waals surface area (Å²) in [6.07, 6.45) is 7.26. The summed E-state index contributed by atoms with van der Waals surface area (Å²) in [6, 6.07) is 10.6. The van der Waals surface area contributed by atoms with Crippen molar-refractivity contribution in [3.63, 3.8) is 0 Å². The zero-order valence-electron chi connectivity index (χ0n) is 16.7. The molecule has 2 aliphatic heterocycles. The summed E-state index contributed by atoms with van der Waals surface area (Å²) < 4.78 is 8.05. The molecule has 0 saturated carbocycles. The molecule has 0 radical (unpaired) electrons. The highest BCUT2D eigenvalue weighted by Gasteiger charge is 2.40. The molecule has 1 spiro atoms. The van der Waals surface area contributed by atoms with Gasteiger partial charge in [-0.2, -0.15) is 5.10 Å². The van der Waals surface area contributed by atoms with E-state index < -0.39 is 0 Å². The molecule has 6 nitrogen and oxygen atoms in total. The molecule has 4 rings (SSSR count). The first-order chi connectivity index (χ1) is 13.6. The van der Waals surface area contributed by atoms with Gasteiger partial charge in [0.1, 0.15) is 0 Å². The second-order valence-electron chi connectivity index (χ2n) is 8.12. The Morgan fingerprint density at radius 1 is 1.11 bits per heavy atom. The number of ether oxygens (including phenoxy) is 1. The zero-order chi connectivity index (χ0) is 19.4. The maximum absolute atomic E-state index is 12.9. The third-order valence-corrected chi connectivity index (χ3v) is 6.05. The van der Waals surface area contributed by atoms with Crippen LogP contribution in [0.15, 0.2) is 42.7 Å². The lowest BCUT2D eigenvalue weighted by molar-refractivity contribution is -0.136. The molecule has 6 heteroatoms. The number of benzene rings is 1. The largest absolute Gasteiger partial charge is 0.373 e. The lowest BCUT2D eigenvalue weighted by atomic mass is 9.87. The van der Waals surface area contributed by atoms with E-state index in [-0.39, 0.29) is 11.5 Å². The molecule has 1 aromatic carbocycles. The summed E-state index contributed by atoms with van der Waals surface area (Å²) in [4.78, 5) is 17.3. The van der Waals surface area contributed by atoms with E-state index in [1.807, 2.05) is 24.3 Å². The average molecular weight is 383 g/mol. The van der Waals surface area contributed by atoms with E-state index >= 15 is 0 Å². The van der Waals surface area contributed by atoms with Crippen molar-refractivity contribution in [2.24, 2.45) is 7.05 Å².